The summed E-state index contributed by atoms with van der Waals surface area (Å²) in [7, 11) is 0. The van der Waals surface area contributed by atoms with Gasteiger partial charge >= 0.3 is 0 Å². The van der Waals surface area contributed by atoms with E-state index in [2.05, 4.69) is 9.88 Å². The maximum atomic E-state index is 9.52. The fourth-order valence-corrected chi connectivity index (χ4v) is 4.61. The molecule has 0 spiro atoms. The van der Waals surface area contributed by atoms with E-state index in [1.165, 1.54) is 11.3 Å². The van der Waals surface area contributed by atoms with Gasteiger partial charge in [-0.3, -0.25) is 4.90 Å². The third-order valence-electron chi connectivity index (χ3n) is 5.19. The second-order valence-electron chi connectivity index (χ2n) is 6.92. The topological polar surface area (TPSA) is 58.7 Å². The lowest BCUT2D eigenvalue weighted by molar-refractivity contribution is 0.153. The quantitative estimate of drug-likeness (QED) is 0.539. The fraction of sp³-hybridized carbons (Fsp3) is 0.286. The molecule has 1 aliphatic heterocycles. The molecule has 1 aliphatic rings. The first-order valence-corrected chi connectivity index (χ1v) is 10.0. The van der Waals surface area contributed by atoms with Gasteiger partial charge in [0.2, 0.25) is 0 Å². The highest BCUT2D eigenvalue weighted by Crippen LogP contribution is 2.34. The lowest BCUT2D eigenvalue weighted by Crippen LogP contribution is -2.31. The maximum Gasteiger partial charge on any atom is 0.279 e. The van der Waals surface area contributed by atoms with Crippen LogP contribution in [-0.2, 0) is 6.54 Å². The molecule has 0 amide bonds. The third-order valence-corrected chi connectivity index (χ3v) is 6.10. The van der Waals surface area contributed by atoms with Crippen LogP contribution in [0.4, 0.5) is 0 Å². The number of thiazole rings is 1. The first-order chi connectivity index (χ1) is 13.3. The second kappa shape index (κ2) is 6.96. The highest BCUT2D eigenvalue weighted by Gasteiger charge is 2.24. The molecule has 1 saturated heterocycles. The van der Waals surface area contributed by atoms with Gasteiger partial charge in [0.05, 0.1) is 23.1 Å². The highest BCUT2D eigenvalue weighted by molar-refractivity contribution is 7.20. The minimum absolute atomic E-state index is 0.218. The van der Waals surface area contributed by atoms with E-state index in [1.807, 2.05) is 48.7 Å². The first-order valence-electron chi connectivity index (χ1n) is 9.18. The van der Waals surface area contributed by atoms with Crippen LogP contribution in [0.1, 0.15) is 18.4 Å². The Balaban J connectivity index is 1.38. The zero-order valence-electron chi connectivity index (χ0n) is 14.8. The Morgan fingerprint density at radius 1 is 1.26 bits per heavy atom. The summed E-state index contributed by atoms with van der Waals surface area (Å²) in [6.45, 7) is 2.04. The second-order valence-corrected chi connectivity index (χ2v) is 7.91. The van der Waals surface area contributed by atoms with Gasteiger partial charge in [0.1, 0.15) is 11.3 Å². The van der Waals surface area contributed by atoms with Crippen LogP contribution < -0.4 is 4.74 Å². The zero-order chi connectivity index (χ0) is 18.2. The van der Waals surface area contributed by atoms with E-state index in [-0.39, 0.29) is 12.6 Å². The molecular formula is C21H20N2O3S. The number of fused-ring (bicyclic) bond motifs is 2. The average molecular weight is 380 g/mol. The van der Waals surface area contributed by atoms with Crippen molar-refractivity contribution < 1.29 is 14.3 Å². The van der Waals surface area contributed by atoms with Crippen molar-refractivity contribution in [2.24, 2.45) is 0 Å². The molecule has 0 aliphatic carbocycles. The predicted molar refractivity (Wildman–Crippen MR) is 106 cm³/mol. The summed E-state index contributed by atoms with van der Waals surface area (Å²) in [6, 6.07) is 14.2. The number of para-hydroxylation sites is 1. The fourth-order valence-electron chi connectivity index (χ4n) is 3.77. The molecule has 2 aromatic carbocycles. The van der Waals surface area contributed by atoms with Crippen molar-refractivity contribution in [1.82, 2.24) is 9.88 Å². The third kappa shape index (κ3) is 3.20. The van der Waals surface area contributed by atoms with Crippen molar-refractivity contribution in [3.8, 4) is 10.9 Å². The molecule has 5 nitrogen and oxygen atoms in total. The molecule has 5 rings (SSSR count). The van der Waals surface area contributed by atoms with Crippen molar-refractivity contribution >= 4 is 32.5 Å². The number of furan rings is 1. The van der Waals surface area contributed by atoms with Gasteiger partial charge in [-0.25, -0.2) is 4.98 Å². The molecule has 3 heterocycles. The number of hydrogen-bond donors (Lipinski definition) is 1. The van der Waals surface area contributed by atoms with Gasteiger partial charge in [-0.15, -0.1) is 0 Å². The molecule has 0 radical (unpaired) electrons. The Morgan fingerprint density at radius 2 is 2.19 bits per heavy atom. The standard InChI is InChI=1S/C21H20N2O3S/c24-12-15-4-3-9-23(15)11-14-13-25-19-10-16(7-8-17(14)19)26-21-22-18-5-1-2-6-20(18)27-21/h1-2,5-8,10,13,15,24H,3-4,9,11-12H2/t15-/m0/s1. The molecule has 138 valence electrons. The summed E-state index contributed by atoms with van der Waals surface area (Å²) < 4.78 is 12.8. The smallest absolute Gasteiger partial charge is 0.279 e. The minimum atomic E-state index is 0.218. The van der Waals surface area contributed by atoms with Gasteiger partial charge < -0.3 is 14.3 Å². The Labute approximate surface area is 160 Å². The van der Waals surface area contributed by atoms with Crippen LogP contribution in [0.5, 0.6) is 10.9 Å². The van der Waals surface area contributed by atoms with Crippen LogP contribution in [0.3, 0.4) is 0 Å². The number of aliphatic hydroxyl groups is 1. The summed E-state index contributed by atoms with van der Waals surface area (Å²) >= 11 is 1.53. The summed E-state index contributed by atoms with van der Waals surface area (Å²) in [5, 5.41) is 11.2. The Morgan fingerprint density at radius 3 is 3.07 bits per heavy atom. The van der Waals surface area contributed by atoms with Crippen molar-refractivity contribution in [2.75, 3.05) is 13.2 Å². The number of nitrogens with zero attached hydrogens (tertiary/aromatic N) is 2. The summed E-state index contributed by atoms with van der Waals surface area (Å²) in [5.41, 5.74) is 2.91. The van der Waals surface area contributed by atoms with E-state index >= 15 is 0 Å². The highest BCUT2D eigenvalue weighted by atomic mass is 32.1. The minimum Gasteiger partial charge on any atom is -0.464 e. The Hall–Kier alpha value is -2.41. The zero-order valence-corrected chi connectivity index (χ0v) is 15.6. The van der Waals surface area contributed by atoms with Crippen LogP contribution >= 0.6 is 11.3 Å². The van der Waals surface area contributed by atoms with Crippen molar-refractivity contribution in [3.63, 3.8) is 0 Å². The van der Waals surface area contributed by atoms with Gasteiger partial charge in [0, 0.05) is 29.6 Å². The molecule has 0 unspecified atom stereocenters. The number of benzene rings is 2. The molecule has 1 fully saturated rings. The number of ether oxygens (including phenoxy) is 1. The van der Waals surface area contributed by atoms with E-state index in [0.717, 1.165) is 58.4 Å². The largest absolute Gasteiger partial charge is 0.464 e. The molecule has 1 N–H and O–H groups in total. The van der Waals surface area contributed by atoms with Crippen molar-refractivity contribution in [1.29, 1.82) is 0 Å². The van der Waals surface area contributed by atoms with E-state index in [4.69, 9.17) is 9.15 Å². The molecule has 2 aromatic heterocycles. The normalized spacial score (nSPS) is 17.9. The molecular weight excluding hydrogens is 360 g/mol. The number of aliphatic hydroxyl groups excluding tert-OH is 1. The molecule has 1 atom stereocenters. The summed E-state index contributed by atoms with van der Waals surface area (Å²) in [4.78, 5) is 6.84. The number of likely N-dealkylation sites (tertiary alicyclic amines) is 1. The van der Waals surface area contributed by atoms with Crippen LogP contribution in [0.2, 0.25) is 0 Å². The SMILES string of the molecule is OC[C@@H]1CCCN1Cc1coc2cc(Oc3nc4ccccc4s3)ccc12. The van der Waals surface area contributed by atoms with Crippen LogP contribution in [-0.4, -0.2) is 34.2 Å². The number of aromatic nitrogens is 1. The molecule has 27 heavy (non-hydrogen) atoms. The summed E-state index contributed by atoms with van der Waals surface area (Å²) in [6.07, 6.45) is 4.02. The Kier molecular flexibility index (Phi) is 4.32. The molecule has 0 bridgehead atoms. The van der Waals surface area contributed by atoms with E-state index in [9.17, 15) is 5.11 Å². The maximum absolute atomic E-state index is 9.52. The van der Waals surface area contributed by atoms with Gasteiger partial charge in [0.15, 0.2) is 0 Å². The molecule has 0 saturated carbocycles. The first kappa shape index (κ1) is 16.7. The van der Waals surface area contributed by atoms with Crippen molar-refractivity contribution in [2.45, 2.75) is 25.4 Å². The predicted octanol–water partition coefficient (Wildman–Crippen LogP) is 4.79. The molecule has 4 aromatic rings. The van der Waals surface area contributed by atoms with Crippen LogP contribution in [0.25, 0.3) is 21.2 Å². The van der Waals surface area contributed by atoms with E-state index < -0.39 is 0 Å². The van der Waals surface area contributed by atoms with Gasteiger partial charge in [0.25, 0.3) is 5.19 Å². The lowest BCUT2D eigenvalue weighted by Gasteiger charge is -2.21. The Bertz CT molecular complexity index is 1050. The van der Waals surface area contributed by atoms with Crippen LogP contribution in [0, 0.1) is 0 Å². The molecule has 6 heteroatoms. The number of hydrogen-bond acceptors (Lipinski definition) is 6. The van der Waals surface area contributed by atoms with Gasteiger partial charge in [-0.2, -0.15) is 0 Å². The van der Waals surface area contributed by atoms with E-state index in [1.54, 1.807) is 0 Å². The average Bonchev–Trinajstić information content (AvgIpc) is 3.40. The van der Waals surface area contributed by atoms with E-state index in [0.29, 0.717) is 5.19 Å². The van der Waals surface area contributed by atoms with Crippen molar-refractivity contribution in [3.05, 3.63) is 54.3 Å². The van der Waals surface area contributed by atoms with Crippen LogP contribution in [0.15, 0.2) is 53.1 Å². The van der Waals surface area contributed by atoms with Gasteiger partial charge in [-0.05, 0) is 43.7 Å². The van der Waals surface area contributed by atoms with Gasteiger partial charge in [-0.1, -0.05) is 23.5 Å². The summed E-state index contributed by atoms with van der Waals surface area (Å²) in [5.74, 6) is 0.719. The lowest BCUT2D eigenvalue weighted by atomic mass is 10.1. The number of rotatable bonds is 5. The monoisotopic (exact) mass is 380 g/mol.